The van der Waals surface area contributed by atoms with Crippen molar-refractivity contribution in [1.82, 2.24) is 20.2 Å². The summed E-state index contributed by atoms with van der Waals surface area (Å²) in [6.45, 7) is 0.710. The standard InChI is InChI=1S/C14H11BrClN5/c15-14-7-11(16)2-1-10(14)8-17-12-3-5-13(6-4-12)21-9-18-19-20-21/h1-7,9,17H,8H2. The van der Waals surface area contributed by atoms with Gasteiger partial charge in [0.1, 0.15) is 6.33 Å². The Morgan fingerprint density at radius 3 is 2.62 bits per heavy atom. The van der Waals surface area contributed by atoms with Crippen molar-refractivity contribution in [1.29, 1.82) is 0 Å². The largest absolute Gasteiger partial charge is 0.381 e. The topological polar surface area (TPSA) is 55.6 Å². The molecule has 0 aliphatic heterocycles. The van der Waals surface area contributed by atoms with E-state index in [2.05, 4.69) is 36.8 Å². The van der Waals surface area contributed by atoms with Crippen LogP contribution in [0.2, 0.25) is 5.02 Å². The summed E-state index contributed by atoms with van der Waals surface area (Å²) in [5.41, 5.74) is 3.08. The highest BCUT2D eigenvalue weighted by Gasteiger charge is 2.02. The van der Waals surface area contributed by atoms with Gasteiger partial charge in [0.2, 0.25) is 0 Å². The molecule has 1 aromatic heterocycles. The Morgan fingerprint density at radius 2 is 1.95 bits per heavy atom. The van der Waals surface area contributed by atoms with Crippen molar-refractivity contribution in [2.45, 2.75) is 6.54 Å². The minimum atomic E-state index is 0.710. The van der Waals surface area contributed by atoms with Gasteiger partial charge in [-0.2, -0.15) is 0 Å². The number of rotatable bonds is 4. The Balaban J connectivity index is 1.68. The molecule has 106 valence electrons. The van der Waals surface area contributed by atoms with Crippen LogP contribution in [0.4, 0.5) is 5.69 Å². The Kier molecular flexibility index (Phi) is 4.17. The molecule has 0 saturated heterocycles. The van der Waals surface area contributed by atoms with Crippen LogP contribution in [0, 0.1) is 0 Å². The summed E-state index contributed by atoms with van der Waals surface area (Å²) in [5, 5.41) is 15.2. The Bertz CT molecular complexity index is 728. The normalized spacial score (nSPS) is 10.6. The van der Waals surface area contributed by atoms with Crippen molar-refractivity contribution in [3.8, 4) is 5.69 Å². The van der Waals surface area contributed by atoms with E-state index in [1.165, 1.54) is 0 Å². The molecule has 0 atom stereocenters. The number of hydrogen-bond donors (Lipinski definition) is 1. The molecule has 3 aromatic rings. The molecule has 0 radical (unpaired) electrons. The van der Waals surface area contributed by atoms with Gasteiger partial charge >= 0.3 is 0 Å². The number of benzene rings is 2. The molecular formula is C14H11BrClN5. The fraction of sp³-hybridized carbons (Fsp3) is 0.0714. The lowest BCUT2D eigenvalue weighted by Gasteiger charge is -2.09. The molecule has 5 nitrogen and oxygen atoms in total. The van der Waals surface area contributed by atoms with Gasteiger partial charge in [-0.15, -0.1) is 5.10 Å². The minimum absolute atomic E-state index is 0.710. The Labute approximate surface area is 135 Å². The molecule has 7 heteroatoms. The van der Waals surface area contributed by atoms with E-state index in [9.17, 15) is 0 Å². The maximum Gasteiger partial charge on any atom is 0.143 e. The number of aromatic nitrogens is 4. The molecule has 2 aromatic carbocycles. The molecule has 1 N–H and O–H groups in total. The third-order valence-corrected chi connectivity index (χ3v) is 3.95. The molecule has 0 unspecified atom stereocenters. The van der Waals surface area contributed by atoms with E-state index < -0.39 is 0 Å². The number of nitrogens with zero attached hydrogens (tertiary/aromatic N) is 4. The fourth-order valence-electron chi connectivity index (χ4n) is 1.87. The molecular weight excluding hydrogens is 354 g/mol. The zero-order chi connectivity index (χ0) is 14.7. The van der Waals surface area contributed by atoms with Crippen LogP contribution < -0.4 is 5.32 Å². The van der Waals surface area contributed by atoms with Crippen molar-refractivity contribution >= 4 is 33.2 Å². The minimum Gasteiger partial charge on any atom is -0.381 e. The summed E-state index contributed by atoms with van der Waals surface area (Å²) in [6, 6.07) is 13.6. The smallest absolute Gasteiger partial charge is 0.143 e. The molecule has 0 amide bonds. The van der Waals surface area contributed by atoms with Crippen molar-refractivity contribution in [2.75, 3.05) is 5.32 Å². The zero-order valence-corrected chi connectivity index (χ0v) is 13.2. The first kappa shape index (κ1) is 14.0. The van der Waals surface area contributed by atoms with Gasteiger partial charge in [-0.3, -0.25) is 0 Å². The number of hydrogen-bond acceptors (Lipinski definition) is 4. The molecule has 0 bridgehead atoms. The first-order valence-corrected chi connectivity index (χ1v) is 7.41. The van der Waals surface area contributed by atoms with Crippen molar-refractivity contribution in [2.24, 2.45) is 0 Å². The van der Waals surface area contributed by atoms with Crippen LogP contribution in [-0.2, 0) is 6.54 Å². The lowest BCUT2D eigenvalue weighted by atomic mass is 10.2. The van der Waals surface area contributed by atoms with Gasteiger partial charge in [0.25, 0.3) is 0 Å². The van der Waals surface area contributed by atoms with Crippen LogP contribution in [0.25, 0.3) is 5.69 Å². The zero-order valence-electron chi connectivity index (χ0n) is 10.9. The number of halogens is 2. The van der Waals surface area contributed by atoms with Crippen molar-refractivity contribution in [3.63, 3.8) is 0 Å². The van der Waals surface area contributed by atoms with Gasteiger partial charge in [0, 0.05) is 21.7 Å². The molecule has 21 heavy (non-hydrogen) atoms. The Hall–Kier alpha value is -1.92. The summed E-state index contributed by atoms with van der Waals surface area (Å²) in [4.78, 5) is 0. The maximum absolute atomic E-state index is 5.93. The van der Waals surface area contributed by atoms with Crippen LogP contribution in [-0.4, -0.2) is 20.2 Å². The number of anilines is 1. The van der Waals surface area contributed by atoms with Crippen LogP contribution in [0.5, 0.6) is 0 Å². The van der Waals surface area contributed by atoms with E-state index in [4.69, 9.17) is 11.6 Å². The second-order valence-electron chi connectivity index (χ2n) is 4.39. The molecule has 0 aliphatic carbocycles. The molecule has 0 aliphatic rings. The Morgan fingerprint density at radius 1 is 1.14 bits per heavy atom. The highest BCUT2D eigenvalue weighted by molar-refractivity contribution is 9.10. The fourth-order valence-corrected chi connectivity index (χ4v) is 2.70. The predicted octanol–water partition coefficient (Wildman–Crippen LogP) is 3.69. The molecule has 0 saturated carbocycles. The molecule has 1 heterocycles. The average molecular weight is 365 g/mol. The summed E-state index contributed by atoms with van der Waals surface area (Å²) >= 11 is 9.44. The summed E-state index contributed by atoms with van der Waals surface area (Å²) in [7, 11) is 0. The monoisotopic (exact) mass is 363 g/mol. The van der Waals surface area contributed by atoms with Crippen LogP contribution in [0.1, 0.15) is 5.56 Å². The lowest BCUT2D eigenvalue weighted by molar-refractivity contribution is 0.789. The maximum atomic E-state index is 5.93. The number of nitrogens with one attached hydrogen (secondary N) is 1. The predicted molar refractivity (Wildman–Crippen MR) is 85.6 cm³/mol. The second-order valence-corrected chi connectivity index (χ2v) is 5.68. The van der Waals surface area contributed by atoms with Gasteiger partial charge in [-0.05, 0) is 52.4 Å². The number of tetrazole rings is 1. The van der Waals surface area contributed by atoms with Gasteiger partial charge in [0.15, 0.2) is 0 Å². The first-order valence-electron chi connectivity index (χ1n) is 6.23. The van der Waals surface area contributed by atoms with Crippen LogP contribution >= 0.6 is 27.5 Å². The highest BCUT2D eigenvalue weighted by Crippen LogP contribution is 2.22. The summed E-state index contributed by atoms with van der Waals surface area (Å²) < 4.78 is 2.60. The van der Waals surface area contributed by atoms with E-state index in [-0.39, 0.29) is 0 Å². The van der Waals surface area contributed by atoms with Crippen molar-refractivity contribution < 1.29 is 0 Å². The third-order valence-electron chi connectivity index (χ3n) is 2.98. The summed E-state index contributed by atoms with van der Waals surface area (Å²) in [5.74, 6) is 0. The lowest BCUT2D eigenvalue weighted by Crippen LogP contribution is -2.01. The third kappa shape index (κ3) is 3.40. The van der Waals surface area contributed by atoms with Crippen LogP contribution in [0.15, 0.2) is 53.3 Å². The van der Waals surface area contributed by atoms with Gasteiger partial charge in [0.05, 0.1) is 5.69 Å². The van der Waals surface area contributed by atoms with E-state index in [0.29, 0.717) is 6.54 Å². The second kappa shape index (κ2) is 6.24. The SMILES string of the molecule is Clc1ccc(CNc2ccc(-n3cnnn3)cc2)c(Br)c1. The van der Waals surface area contributed by atoms with E-state index in [1.54, 1.807) is 11.0 Å². The van der Waals surface area contributed by atoms with E-state index in [0.717, 1.165) is 26.4 Å². The molecule has 3 rings (SSSR count). The van der Waals surface area contributed by atoms with E-state index in [1.807, 2.05) is 42.5 Å². The van der Waals surface area contributed by atoms with Gasteiger partial charge in [-0.1, -0.05) is 33.6 Å². The first-order chi connectivity index (χ1) is 10.2. The quantitative estimate of drug-likeness (QED) is 0.767. The average Bonchev–Trinajstić information content (AvgIpc) is 3.01. The van der Waals surface area contributed by atoms with Gasteiger partial charge in [-0.25, -0.2) is 4.68 Å². The summed E-state index contributed by atoms with van der Waals surface area (Å²) in [6.07, 6.45) is 1.56. The van der Waals surface area contributed by atoms with Crippen LogP contribution in [0.3, 0.4) is 0 Å². The molecule has 0 spiro atoms. The molecule has 0 fully saturated rings. The van der Waals surface area contributed by atoms with E-state index >= 15 is 0 Å². The highest BCUT2D eigenvalue weighted by atomic mass is 79.9. The van der Waals surface area contributed by atoms with Crippen molar-refractivity contribution in [3.05, 3.63) is 63.9 Å². The van der Waals surface area contributed by atoms with Gasteiger partial charge < -0.3 is 5.32 Å².